The normalized spacial score (nSPS) is 15.7. The van der Waals surface area contributed by atoms with Crippen LogP contribution in [-0.2, 0) is 32.3 Å². The Morgan fingerprint density at radius 1 is 0.738 bits per heavy atom. The number of hydrogen-bond acceptors (Lipinski definition) is 6. The van der Waals surface area contributed by atoms with Crippen molar-refractivity contribution in [3.63, 3.8) is 0 Å². The van der Waals surface area contributed by atoms with Crippen LogP contribution in [0.4, 0.5) is 0 Å². The third kappa shape index (κ3) is 8.01. The zero-order chi connectivity index (χ0) is 29.3. The molecule has 2 aromatic carbocycles. The Balaban J connectivity index is 0.000000169. The topological polar surface area (TPSA) is 51.2 Å². The van der Waals surface area contributed by atoms with Gasteiger partial charge in [0.25, 0.3) is 0 Å². The molecule has 0 fully saturated rings. The minimum absolute atomic E-state index is 0.518. The highest BCUT2D eigenvalue weighted by Gasteiger charge is 2.19. The molecular weight excluding hydrogens is 571 g/mol. The second-order valence-corrected chi connectivity index (χ2v) is 11.6. The minimum Gasteiger partial charge on any atom is -0.489 e. The van der Waals surface area contributed by atoms with Gasteiger partial charge in [0.15, 0.2) is 0 Å². The van der Waals surface area contributed by atoms with E-state index in [2.05, 4.69) is 23.9 Å². The molecule has 0 radical (unpaired) electrons. The number of fused-ring (bicyclic) bond motifs is 2. The van der Waals surface area contributed by atoms with E-state index in [4.69, 9.17) is 41.5 Å². The summed E-state index contributed by atoms with van der Waals surface area (Å²) >= 11 is 12.7. The van der Waals surface area contributed by atoms with Crippen LogP contribution in [0.3, 0.4) is 0 Å². The van der Waals surface area contributed by atoms with Gasteiger partial charge >= 0.3 is 0 Å². The molecule has 4 heterocycles. The van der Waals surface area contributed by atoms with E-state index >= 15 is 0 Å². The molecule has 222 valence electrons. The Labute approximate surface area is 258 Å². The van der Waals surface area contributed by atoms with Crippen LogP contribution in [0.2, 0.25) is 10.0 Å². The number of ether oxygens (including phenoxy) is 2. The zero-order valence-corrected chi connectivity index (χ0v) is 25.8. The molecule has 0 amide bonds. The van der Waals surface area contributed by atoms with Gasteiger partial charge in [0.2, 0.25) is 0 Å². The fraction of sp³-hybridized carbons (Fsp3) is 0.353. The van der Waals surface area contributed by atoms with Crippen molar-refractivity contribution in [2.45, 2.75) is 32.3 Å². The minimum atomic E-state index is 0.518. The van der Waals surface area contributed by atoms with Crippen LogP contribution < -0.4 is 9.47 Å². The predicted octanol–water partition coefficient (Wildman–Crippen LogP) is 7.60. The molecule has 0 unspecified atom stereocenters. The van der Waals surface area contributed by atoms with Gasteiger partial charge in [-0.25, -0.2) is 0 Å². The summed E-state index contributed by atoms with van der Waals surface area (Å²) in [5.41, 5.74) is 6.02. The first-order valence-electron chi connectivity index (χ1n) is 14.4. The lowest BCUT2D eigenvalue weighted by Crippen LogP contribution is -2.20. The third-order valence-electron chi connectivity index (χ3n) is 7.77. The van der Waals surface area contributed by atoms with E-state index in [0.717, 1.165) is 84.7 Å². The largest absolute Gasteiger partial charge is 0.489 e. The predicted molar refractivity (Wildman–Crippen MR) is 169 cm³/mol. The average Bonchev–Trinajstić information content (AvgIpc) is 3.63. The van der Waals surface area contributed by atoms with E-state index < -0.39 is 0 Å². The Kier molecular flexibility index (Phi) is 10.7. The second-order valence-electron chi connectivity index (χ2n) is 10.8. The molecule has 0 atom stereocenters. The molecule has 6 nitrogen and oxygen atoms in total. The molecule has 2 aliphatic heterocycles. The molecule has 42 heavy (non-hydrogen) atoms. The maximum atomic E-state index is 6.36. The summed E-state index contributed by atoms with van der Waals surface area (Å²) in [5, 5.41) is 1.70. The van der Waals surface area contributed by atoms with Crippen LogP contribution in [0.5, 0.6) is 11.5 Å². The molecule has 0 N–H and O–H groups in total. The van der Waals surface area contributed by atoms with Gasteiger partial charge in [-0.3, -0.25) is 0 Å². The molecule has 2 aromatic heterocycles. The molecule has 8 heteroatoms. The van der Waals surface area contributed by atoms with E-state index in [0.29, 0.717) is 13.2 Å². The van der Waals surface area contributed by atoms with E-state index in [9.17, 15) is 0 Å². The third-order valence-corrected chi connectivity index (χ3v) is 8.48. The highest BCUT2D eigenvalue weighted by atomic mass is 35.5. The van der Waals surface area contributed by atoms with Crippen LogP contribution in [0.1, 0.15) is 33.6 Å². The SMILES string of the molecule is CN1CCc2c(Cl)ccc(OC/C=C/c3ccco3)c2CC1.CN1CCc2c(Cl)ccc(OCc3ccoc3)c2CC1. The van der Waals surface area contributed by atoms with Crippen molar-refractivity contribution in [2.24, 2.45) is 0 Å². The van der Waals surface area contributed by atoms with Gasteiger partial charge in [-0.15, -0.1) is 0 Å². The fourth-order valence-corrected chi connectivity index (χ4v) is 5.85. The summed E-state index contributed by atoms with van der Waals surface area (Å²) < 4.78 is 22.2. The lowest BCUT2D eigenvalue weighted by atomic mass is 10.0. The molecule has 0 bridgehead atoms. The van der Waals surface area contributed by atoms with Crippen molar-refractivity contribution in [3.05, 3.63) is 111 Å². The van der Waals surface area contributed by atoms with Crippen LogP contribution >= 0.6 is 23.2 Å². The monoisotopic (exact) mass is 608 g/mol. The summed E-state index contributed by atoms with van der Waals surface area (Å²) in [6.07, 6.45) is 12.8. The first kappa shape index (κ1) is 30.3. The molecular formula is C34H38Cl2N2O4. The molecule has 2 aliphatic rings. The highest BCUT2D eigenvalue weighted by Crippen LogP contribution is 2.33. The lowest BCUT2D eigenvalue weighted by molar-refractivity contribution is 0.299. The maximum absolute atomic E-state index is 6.36. The standard InChI is InChI=1S/C18H20ClNO2.C16H18ClNO2/c1-20-10-8-15-16(9-11-20)18(7-6-17(15)19)22-13-3-5-14-4-2-12-21-14;1-18-7-4-13-14(5-8-18)16(3-2-15(13)17)20-11-12-6-9-19-10-12/h2-7,12H,8-11,13H2,1H3;2-3,6,9-10H,4-5,7-8,11H2,1H3/b5-3+;. The van der Waals surface area contributed by atoms with Gasteiger partial charge in [0.05, 0.1) is 18.8 Å². The Hall–Kier alpha value is -3.16. The molecule has 0 saturated carbocycles. The van der Waals surface area contributed by atoms with Gasteiger partial charge in [-0.05, 0) is 106 Å². The number of nitrogens with zero attached hydrogens (tertiary/aromatic N) is 2. The van der Waals surface area contributed by atoms with Crippen LogP contribution in [0.15, 0.2) is 76.2 Å². The molecule has 0 saturated heterocycles. The maximum Gasteiger partial charge on any atom is 0.126 e. The van der Waals surface area contributed by atoms with E-state index in [1.165, 1.54) is 22.3 Å². The van der Waals surface area contributed by atoms with Crippen molar-refractivity contribution in [1.82, 2.24) is 9.80 Å². The Morgan fingerprint density at radius 3 is 1.88 bits per heavy atom. The van der Waals surface area contributed by atoms with Gasteiger partial charge in [0.1, 0.15) is 30.5 Å². The Morgan fingerprint density at radius 2 is 1.33 bits per heavy atom. The number of benzene rings is 2. The van der Waals surface area contributed by atoms with E-state index in [1.807, 2.05) is 54.6 Å². The van der Waals surface area contributed by atoms with Crippen LogP contribution in [-0.4, -0.2) is 56.7 Å². The first-order chi connectivity index (χ1) is 20.5. The average molecular weight is 610 g/mol. The smallest absolute Gasteiger partial charge is 0.126 e. The zero-order valence-electron chi connectivity index (χ0n) is 24.3. The van der Waals surface area contributed by atoms with Crippen molar-refractivity contribution in [2.75, 3.05) is 46.9 Å². The van der Waals surface area contributed by atoms with Crippen LogP contribution in [0.25, 0.3) is 6.08 Å². The van der Waals surface area contributed by atoms with Crippen LogP contribution in [0, 0.1) is 0 Å². The fourth-order valence-electron chi connectivity index (χ4n) is 5.30. The summed E-state index contributed by atoms with van der Waals surface area (Å²) in [6.45, 7) is 5.19. The summed E-state index contributed by atoms with van der Waals surface area (Å²) in [4.78, 5) is 4.66. The molecule has 0 aliphatic carbocycles. The Bertz CT molecular complexity index is 1450. The van der Waals surface area contributed by atoms with Gasteiger partial charge in [-0.2, -0.15) is 0 Å². The van der Waals surface area contributed by atoms with Crippen molar-refractivity contribution < 1.29 is 18.3 Å². The number of furan rings is 2. The second kappa shape index (κ2) is 14.8. The van der Waals surface area contributed by atoms with Gasteiger partial charge < -0.3 is 28.1 Å². The molecule has 0 spiro atoms. The van der Waals surface area contributed by atoms with Crippen molar-refractivity contribution in [3.8, 4) is 11.5 Å². The quantitative estimate of drug-likeness (QED) is 0.215. The number of rotatable bonds is 7. The van der Waals surface area contributed by atoms with E-state index in [1.54, 1.807) is 18.8 Å². The number of halogens is 2. The number of likely N-dealkylation sites (N-methyl/N-ethyl adjacent to an activating group) is 2. The summed E-state index contributed by atoms with van der Waals surface area (Å²) in [7, 11) is 4.29. The highest BCUT2D eigenvalue weighted by molar-refractivity contribution is 6.31. The molecule has 4 aromatic rings. The lowest BCUT2D eigenvalue weighted by Gasteiger charge is -2.14. The summed E-state index contributed by atoms with van der Waals surface area (Å²) in [6, 6.07) is 13.5. The van der Waals surface area contributed by atoms with E-state index in [-0.39, 0.29) is 0 Å². The summed E-state index contributed by atoms with van der Waals surface area (Å²) in [5.74, 6) is 2.72. The first-order valence-corrected chi connectivity index (χ1v) is 15.2. The van der Waals surface area contributed by atoms with Crippen molar-refractivity contribution in [1.29, 1.82) is 0 Å². The van der Waals surface area contributed by atoms with Gasteiger partial charge in [0, 0.05) is 52.9 Å². The van der Waals surface area contributed by atoms with Crippen molar-refractivity contribution >= 4 is 29.3 Å². The molecule has 6 rings (SSSR count). The van der Waals surface area contributed by atoms with Gasteiger partial charge in [-0.1, -0.05) is 23.2 Å². The number of hydrogen-bond donors (Lipinski definition) is 0.